The van der Waals surface area contributed by atoms with Crippen molar-refractivity contribution in [2.75, 3.05) is 6.54 Å². The minimum absolute atomic E-state index is 0. The zero-order valence-corrected chi connectivity index (χ0v) is 13.1. The molecule has 1 unspecified atom stereocenters. The van der Waals surface area contributed by atoms with Gasteiger partial charge in [-0.1, -0.05) is 29.8 Å². The number of hydrogen-bond donors (Lipinski definition) is 3. The van der Waals surface area contributed by atoms with Gasteiger partial charge in [-0.3, -0.25) is 0 Å². The first-order valence-electron chi connectivity index (χ1n) is 6.16. The Morgan fingerprint density at radius 2 is 1.90 bits per heavy atom. The molecule has 1 atom stereocenters. The third-order valence-corrected chi connectivity index (χ3v) is 3.94. The number of rotatable bonds is 1. The topological polar surface area (TPSA) is 52.5 Å². The number of hydrogen-bond acceptors (Lipinski definition) is 3. The molecule has 20 heavy (non-hydrogen) atoms. The Bertz CT molecular complexity index is 633. The molecule has 5 heteroatoms. The zero-order chi connectivity index (χ0) is 13.4. The highest BCUT2D eigenvalue weighted by Gasteiger charge is 2.23. The van der Waals surface area contributed by atoms with Crippen molar-refractivity contribution in [1.82, 2.24) is 5.32 Å². The smallest absolute Gasteiger partial charge is 0.157 e. The van der Waals surface area contributed by atoms with E-state index in [-0.39, 0.29) is 34.4 Å². The number of benzene rings is 2. The van der Waals surface area contributed by atoms with E-state index in [1.165, 1.54) is 11.6 Å². The van der Waals surface area contributed by atoms with E-state index in [1.54, 1.807) is 6.07 Å². The van der Waals surface area contributed by atoms with Gasteiger partial charge in [-0.25, -0.2) is 0 Å². The van der Waals surface area contributed by atoms with E-state index in [4.69, 9.17) is 11.6 Å². The van der Waals surface area contributed by atoms with Crippen LogP contribution < -0.4 is 5.32 Å². The van der Waals surface area contributed by atoms with Gasteiger partial charge in [0, 0.05) is 24.0 Å². The number of aromatic hydroxyl groups is 2. The van der Waals surface area contributed by atoms with E-state index in [2.05, 4.69) is 11.4 Å². The van der Waals surface area contributed by atoms with Crippen LogP contribution in [0, 0.1) is 0 Å². The van der Waals surface area contributed by atoms with E-state index < -0.39 is 0 Å². The van der Waals surface area contributed by atoms with Crippen LogP contribution in [0.5, 0.6) is 11.5 Å². The van der Waals surface area contributed by atoms with Crippen LogP contribution in [0.3, 0.4) is 0 Å². The van der Waals surface area contributed by atoms with Gasteiger partial charge in [0.25, 0.3) is 0 Å². The van der Waals surface area contributed by atoms with Crippen molar-refractivity contribution < 1.29 is 10.2 Å². The molecule has 1 aliphatic rings. The van der Waals surface area contributed by atoms with E-state index in [1.807, 2.05) is 18.2 Å². The first kappa shape index (κ1) is 15.2. The molecule has 0 aromatic heterocycles. The Labute approximate surface area is 133 Å². The highest BCUT2D eigenvalue weighted by Crippen LogP contribution is 2.36. The van der Waals surface area contributed by atoms with Gasteiger partial charge in [0.05, 0.1) is 0 Å². The molecule has 0 saturated heterocycles. The molecule has 0 bridgehead atoms. The summed E-state index contributed by atoms with van der Waals surface area (Å²) in [6.07, 6.45) is 0. The lowest BCUT2D eigenvalue weighted by atomic mass is 9.85. The van der Waals surface area contributed by atoms with Gasteiger partial charge in [-0.15, -0.1) is 17.0 Å². The molecule has 106 valence electrons. The molecule has 3 nitrogen and oxygen atoms in total. The Balaban J connectivity index is 0.00000147. The average molecular weight is 357 g/mol. The Morgan fingerprint density at radius 3 is 2.65 bits per heavy atom. The van der Waals surface area contributed by atoms with E-state index in [9.17, 15) is 10.2 Å². The van der Waals surface area contributed by atoms with Gasteiger partial charge < -0.3 is 15.5 Å². The highest BCUT2D eigenvalue weighted by atomic mass is 79.9. The van der Waals surface area contributed by atoms with Crippen LogP contribution in [0.2, 0.25) is 5.02 Å². The molecule has 2 aromatic carbocycles. The molecule has 0 aliphatic carbocycles. The van der Waals surface area contributed by atoms with E-state index in [0.717, 1.165) is 29.2 Å². The van der Waals surface area contributed by atoms with Crippen LogP contribution in [0.15, 0.2) is 36.4 Å². The fourth-order valence-electron chi connectivity index (χ4n) is 2.59. The molecule has 2 aromatic rings. The van der Waals surface area contributed by atoms with Crippen molar-refractivity contribution in [1.29, 1.82) is 0 Å². The summed E-state index contributed by atoms with van der Waals surface area (Å²) in [4.78, 5) is 0. The monoisotopic (exact) mass is 355 g/mol. The first-order chi connectivity index (χ1) is 9.16. The number of phenols is 2. The Morgan fingerprint density at radius 1 is 1.10 bits per heavy atom. The van der Waals surface area contributed by atoms with Crippen molar-refractivity contribution in [3.63, 3.8) is 0 Å². The van der Waals surface area contributed by atoms with Crippen LogP contribution in [0.25, 0.3) is 0 Å². The van der Waals surface area contributed by atoms with Crippen molar-refractivity contribution in [2.45, 2.75) is 12.5 Å². The maximum atomic E-state index is 9.64. The fraction of sp³-hybridized carbons (Fsp3) is 0.200. The highest BCUT2D eigenvalue weighted by molar-refractivity contribution is 8.93. The van der Waals surface area contributed by atoms with Crippen LogP contribution in [0.1, 0.15) is 22.6 Å². The third-order valence-electron chi connectivity index (χ3n) is 3.58. The predicted molar refractivity (Wildman–Crippen MR) is 85.1 cm³/mol. The molecule has 1 aliphatic heterocycles. The number of phenolic OH excluding ortho intramolecular Hbond substituents is 2. The van der Waals surface area contributed by atoms with Crippen molar-refractivity contribution in [2.24, 2.45) is 0 Å². The van der Waals surface area contributed by atoms with Gasteiger partial charge in [0.2, 0.25) is 0 Å². The summed E-state index contributed by atoms with van der Waals surface area (Å²) in [6.45, 7) is 1.55. The van der Waals surface area contributed by atoms with Gasteiger partial charge in [-0.05, 0) is 34.9 Å². The second kappa shape index (κ2) is 6.04. The van der Waals surface area contributed by atoms with Crippen LogP contribution in [-0.4, -0.2) is 16.8 Å². The molecule has 3 N–H and O–H groups in total. The van der Waals surface area contributed by atoms with Crippen LogP contribution in [-0.2, 0) is 6.54 Å². The molecular weight excluding hydrogens is 342 g/mol. The van der Waals surface area contributed by atoms with E-state index in [0.29, 0.717) is 0 Å². The summed E-state index contributed by atoms with van der Waals surface area (Å²) in [5, 5.41) is 23.1. The minimum Gasteiger partial charge on any atom is -0.504 e. The molecule has 0 saturated carbocycles. The maximum Gasteiger partial charge on any atom is 0.157 e. The SMILES string of the molecule is Br.Oc1ccc(C2CNCc3c(Cl)cccc32)cc1O. The largest absolute Gasteiger partial charge is 0.504 e. The zero-order valence-electron chi connectivity index (χ0n) is 10.6. The quantitative estimate of drug-likeness (QED) is 0.685. The molecule has 1 heterocycles. The molecule has 0 fully saturated rings. The second-order valence-electron chi connectivity index (χ2n) is 4.74. The maximum absolute atomic E-state index is 9.64. The summed E-state index contributed by atoms with van der Waals surface area (Å²) in [5.74, 6) is -0.0561. The summed E-state index contributed by atoms with van der Waals surface area (Å²) in [7, 11) is 0. The second-order valence-corrected chi connectivity index (χ2v) is 5.15. The van der Waals surface area contributed by atoms with Crippen LogP contribution >= 0.6 is 28.6 Å². The fourth-order valence-corrected chi connectivity index (χ4v) is 2.84. The van der Waals surface area contributed by atoms with Gasteiger partial charge in [0.15, 0.2) is 11.5 Å². The van der Waals surface area contributed by atoms with E-state index >= 15 is 0 Å². The van der Waals surface area contributed by atoms with Crippen molar-refractivity contribution >= 4 is 28.6 Å². The van der Waals surface area contributed by atoms with Crippen molar-refractivity contribution in [3.8, 4) is 11.5 Å². The molecule has 0 amide bonds. The van der Waals surface area contributed by atoms with Gasteiger partial charge >= 0.3 is 0 Å². The average Bonchev–Trinajstić information content (AvgIpc) is 2.42. The molecule has 0 spiro atoms. The normalized spacial score (nSPS) is 17.1. The standard InChI is InChI=1S/C15H14ClNO2.BrH/c16-13-3-1-2-10-11(7-17-8-12(10)13)9-4-5-14(18)15(19)6-9;/h1-6,11,17-19H,7-8H2;1H. The summed E-state index contributed by atoms with van der Waals surface area (Å²) >= 11 is 6.22. The van der Waals surface area contributed by atoms with Crippen molar-refractivity contribution in [3.05, 3.63) is 58.1 Å². The van der Waals surface area contributed by atoms with Crippen LogP contribution in [0.4, 0.5) is 0 Å². The number of fused-ring (bicyclic) bond motifs is 1. The summed E-state index contributed by atoms with van der Waals surface area (Å²) < 4.78 is 0. The van der Waals surface area contributed by atoms with Gasteiger partial charge in [-0.2, -0.15) is 0 Å². The lowest BCUT2D eigenvalue weighted by molar-refractivity contribution is 0.402. The Kier molecular flexibility index (Phi) is 4.58. The lowest BCUT2D eigenvalue weighted by Crippen LogP contribution is -2.29. The molecule has 0 radical (unpaired) electrons. The lowest BCUT2D eigenvalue weighted by Gasteiger charge is -2.27. The first-order valence-corrected chi connectivity index (χ1v) is 6.54. The third kappa shape index (κ3) is 2.64. The number of halogens is 2. The molecule has 3 rings (SSSR count). The predicted octanol–water partition coefficient (Wildman–Crippen LogP) is 3.56. The minimum atomic E-state index is -0.0983. The summed E-state index contributed by atoms with van der Waals surface area (Å²) in [6, 6.07) is 10.9. The molecular formula is C15H15BrClNO2. The summed E-state index contributed by atoms with van der Waals surface area (Å²) in [5.41, 5.74) is 3.25. The van der Waals surface area contributed by atoms with Gasteiger partial charge in [0.1, 0.15) is 0 Å². The number of nitrogens with one attached hydrogen (secondary N) is 1. The Hall–Kier alpha value is -1.23.